The summed E-state index contributed by atoms with van der Waals surface area (Å²) in [6.07, 6.45) is 10.4. The summed E-state index contributed by atoms with van der Waals surface area (Å²) in [6, 6.07) is 0.0522. The number of aliphatic carboxylic acids is 1. The first-order valence-electron chi connectivity index (χ1n) is 6.09. The minimum atomic E-state index is -0.716. The molecule has 2 aliphatic carbocycles. The molecule has 1 atom stereocenters. The first-order valence-corrected chi connectivity index (χ1v) is 6.09. The Balaban J connectivity index is 2.18. The number of hydrogen-bond acceptors (Lipinski definition) is 2. The number of allylic oxidation sites excluding steroid dienone is 2. The number of carboxylic acids is 1. The van der Waals surface area contributed by atoms with E-state index < -0.39 is 12.0 Å². The molecule has 2 aliphatic rings. The zero-order valence-corrected chi connectivity index (χ0v) is 9.72. The number of carbonyl (C=O) groups is 1. The molecule has 16 heavy (non-hydrogen) atoms. The first-order chi connectivity index (χ1) is 7.74. The van der Waals surface area contributed by atoms with Gasteiger partial charge in [-0.15, -0.1) is 0 Å². The van der Waals surface area contributed by atoms with Crippen molar-refractivity contribution >= 4 is 5.97 Å². The molecule has 0 saturated heterocycles. The van der Waals surface area contributed by atoms with Crippen molar-refractivity contribution in [3.8, 4) is 0 Å². The van der Waals surface area contributed by atoms with Gasteiger partial charge in [0, 0.05) is 6.04 Å². The van der Waals surface area contributed by atoms with Crippen molar-refractivity contribution in [3.05, 3.63) is 23.8 Å². The molecule has 0 amide bonds. The molecular formula is C13H19NO2. The van der Waals surface area contributed by atoms with Gasteiger partial charge in [-0.05, 0) is 37.8 Å². The van der Waals surface area contributed by atoms with Gasteiger partial charge in [0.15, 0.2) is 0 Å². The van der Waals surface area contributed by atoms with Crippen LogP contribution >= 0.6 is 0 Å². The summed E-state index contributed by atoms with van der Waals surface area (Å²) in [5, 5.41) is 9.39. The summed E-state index contributed by atoms with van der Waals surface area (Å²) < 4.78 is 0. The highest BCUT2D eigenvalue weighted by Crippen LogP contribution is 2.31. The van der Waals surface area contributed by atoms with Crippen LogP contribution in [0.5, 0.6) is 0 Å². The average molecular weight is 221 g/mol. The number of rotatable bonds is 5. The molecule has 3 nitrogen and oxygen atoms in total. The molecule has 2 rings (SSSR count). The van der Waals surface area contributed by atoms with Crippen LogP contribution in [0.4, 0.5) is 0 Å². The Hall–Kier alpha value is -1.09. The molecule has 0 radical (unpaired) electrons. The molecular weight excluding hydrogens is 202 g/mol. The number of likely N-dealkylation sites (N-methyl/N-ethyl adjacent to an activating group) is 1. The molecule has 88 valence electrons. The molecule has 1 saturated carbocycles. The van der Waals surface area contributed by atoms with Crippen LogP contribution in [0.15, 0.2) is 23.8 Å². The van der Waals surface area contributed by atoms with Crippen molar-refractivity contribution in [1.82, 2.24) is 4.90 Å². The highest BCUT2D eigenvalue weighted by Gasteiger charge is 2.37. The lowest BCUT2D eigenvalue weighted by atomic mass is 9.98. The van der Waals surface area contributed by atoms with E-state index in [-0.39, 0.29) is 0 Å². The molecule has 0 unspecified atom stereocenters. The van der Waals surface area contributed by atoms with Gasteiger partial charge < -0.3 is 5.11 Å². The topological polar surface area (TPSA) is 40.5 Å². The second kappa shape index (κ2) is 4.83. The third-order valence-electron chi connectivity index (χ3n) is 3.29. The maximum Gasteiger partial charge on any atom is 0.325 e. The summed E-state index contributed by atoms with van der Waals surface area (Å²) in [5.41, 5.74) is 0.965. The number of nitrogens with zero attached hydrogens (tertiary/aromatic N) is 1. The van der Waals surface area contributed by atoms with Crippen LogP contribution in [-0.2, 0) is 4.79 Å². The molecule has 0 aromatic heterocycles. The second-order valence-corrected chi connectivity index (χ2v) is 4.49. The van der Waals surface area contributed by atoms with Crippen molar-refractivity contribution in [2.24, 2.45) is 0 Å². The lowest BCUT2D eigenvalue weighted by molar-refractivity contribution is -0.141. The van der Waals surface area contributed by atoms with Gasteiger partial charge in [-0.1, -0.05) is 25.2 Å². The fourth-order valence-corrected chi connectivity index (χ4v) is 2.37. The zero-order chi connectivity index (χ0) is 11.5. The molecule has 1 N–H and O–H groups in total. The van der Waals surface area contributed by atoms with Crippen molar-refractivity contribution in [1.29, 1.82) is 0 Å². The van der Waals surface area contributed by atoms with Crippen molar-refractivity contribution < 1.29 is 9.90 Å². The maximum atomic E-state index is 11.4. The standard InChI is InChI=1S/C13H19NO2/c1-2-14(11-8-9-11)12(13(15)16)10-6-4-3-5-7-10/h4,6-7,11-12H,2-3,5,8-9H2,1H3,(H,15,16)/t12-/m1/s1. The van der Waals surface area contributed by atoms with Gasteiger partial charge in [0.25, 0.3) is 0 Å². The molecule has 1 fully saturated rings. The van der Waals surface area contributed by atoms with Crippen LogP contribution in [-0.4, -0.2) is 34.6 Å². The molecule has 3 heteroatoms. The van der Waals surface area contributed by atoms with Gasteiger partial charge in [-0.3, -0.25) is 9.69 Å². The highest BCUT2D eigenvalue weighted by molar-refractivity contribution is 5.78. The van der Waals surface area contributed by atoms with E-state index in [0.29, 0.717) is 6.04 Å². The van der Waals surface area contributed by atoms with Crippen LogP contribution in [0.25, 0.3) is 0 Å². The summed E-state index contributed by atoms with van der Waals surface area (Å²) >= 11 is 0. The minimum absolute atomic E-state index is 0.436. The van der Waals surface area contributed by atoms with E-state index in [4.69, 9.17) is 0 Å². The first kappa shape index (κ1) is 11.4. The minimum Gasteiger partial charge on any atom is -0.480 e. The predicted octanol–water partition coefficient (Wildman–Crippen LogP) is 2.20. The fraction of sp³-hybridized carbons (Fsp3) is 0.615. The SMILES string of the molecule is CCN(C1CC1)[C@@H](C(=O)O)C1=CCCC=C1. The molecule has 0 spiro atoms. The van der Waals surface area contributed by atoms with E-state index in [1.807, 2.05) is 13.0 Å². The van der Waals surface area contributed by atoms with Crippen LogP contribution in [0.2, 0.25) is 0 Å². The Morgan fingerprint density at radius 3 is 2.75 bits per heavy atom. The molecule has 0 aromatic carbocycles. The third kappa shape index (κ3) is 2.35. The van der Waals surface area contributed by atoms with E-state index in [2.05, 4.69) is 17.1 Å². The quantitative estimate of drug-likeness (QED) is 0.773. The van der Waals surface area contributed by atoms with Gasteiger partial charge >= 0.3 is 5.97 Å². The van der Waals surface area contributed by atoms with Gasteiger partial charge in [-0.25, -0.2) is 0 Å². The summed E-state index contributed by atoms with van der Waals surface area (Å²) in [5.74, 6) is -0.716. The lowest BCUT2D eigenvalue weighted by Crippen LogP contribution is -2.43. The molecule has 0 aliphatic heterocycles. The van der Waals surface area contributed by atoms with E-state index >= 15 is 0 Å². The zero-order valence-electron chi connectivity index (χ0n) is 9.72. The van der Waals surface area contributed by atoms with E-state index in [0.717, 1.165) is 37.8 Å². The lowest BCUT2D eigenvalue weighted by Gasteiger charge is -2.29. The molecule has 0 aromatic rings. The van der Waals surface area contributed by atoms with Crippen LogP contribution in [0.3, 0.4) is 0 Å². The van der Waals surface area contributed by atoms with E-state index in [9.17, 15) is 9.90 Å². The van der Waals surface area contributed by atoms with E-state index in [1.165, 1.54) is 0 Å². The number of hydrogen-bond donors (Lipinski definition) is 1. The maximum absolute atomic E-state index is 11.4. The highest BCUT2D eigenvalue weighted by atomic mass is 16.4. The smallest absolute Gasteiger partial charge is 0.325 e. The fourth-order valence-electron chi connectivity index (χ4n) is 2.37. The van der Waals surface area contributed by atoms with Crippen molar-refractivity contribution in [3.63, 3.8) is 0 Å². The normalized spacial score (nSPS) is 22.0. The molecule has 0 heterocycles. The summed E-state index contributed by atoms with van der Waals surface area (Å²) in [7, 11) is 0. The largest absolute Gasteiger partial charge is 0.480 e. The second-order valence-electron chi connectivity index (χ2n) is 4.49. The van der Waals surface area contributed by atoms with Crippen LogP contribution in [0.1, 0.15) is 32.6 Å². The Labute approximate surface area is 96.4 Å². The predicted molar refractivity (Wildman–Crippen MR) is 63.3 cm³/mol. The Bertz CT molecular complexity index is 329. The van der Waals surface area contributed by atoms with Gasteiger partial charge in [0.1, 0.15) is 6.04 Å². The summed E-state index contributed by atoms with van der Waals surface area (Å²) in [6.45, 7) is 2.86. The van der Waals surface area contributed by atoms with Gasteiger partial charge in [-0.2, -0.15) is 0 Å². The van der Waals surface area contributed by atoms with Crippen LogP contribution in [0, 0.1) is 0 Å². The van der Waals surface area contributed by atoms with Crippen molar-refractivity contribution in [2.75, 3.05) is 6.54 Å². The number of carboxylic acid groups (broad SMARTS) is 1. The Morgan fingerprint density at radius 2 is 2.31 bits per heavy atom. The summed E-state index contributed by atoms with van der Waals surface area (Å²) in [4.78, 5) is 13.5. The average Bonchev–Trinajstić information content (AvgIpc) is 3.10. The van der Waals surface area contributed by atoms with Gasteiger partial charge in [0.2, 0.25) is 0 Å². The Morgan fingerprint density at radius 1 is 1.56 bits per heavy atom. The van der Waals surface area contributed by atoms with E-state index in [1.54, 1.807) is 0 Å². The molecule has 0 bridgehead atoms. The van der Waals surface area contributed by atoms with Crippen molar-refractivity contribution in [2.45, 2.75) is 44.7 Å². The van der Waals surface area contributed by atoms with Crippen LogP contribution < -0.4 is 0 Å². The Kier molecular flexibility index (Phi) is 3.44. The monoisotopic (exact) mass is 221 g/mol. The van der Waals surface area contributed by atoms with Gasteiger partial charge in [0.05, 0.1) is 0 Å². The third-order valence-corrected chi connectivity index (χ3v) is 3.29.